The summed E-state index contributed by atoms with van der Waals surface area (Å²) in [4.78, 5) is 0. The van der Waals surface area contributed by atoms with Gasteiger partial charge in [0.05, 0.1) is 10.0 Å². The van der Waals surface area contributed by atoms with Crippen molar-refractivity contribution in [2.24, 2.45) is 5.92 Å². The van der Waals surface area contributed by atoms with Gasteiger partial charge in [0.2, 0.25) is 0 Å². The molecule has 0 radical (unpaired) electrons. The van der Waals surface area contributed by atoms with E-state index in [2.05, 4.69) is 35.6 Å². The molecular formula is C17H17Cl2N. The second kappa shape index (κ2) is 6.17. The average molecular weight is 306 g/mol. The van der Waals surface area contributed by atoms with E-state index in [1.807, 2.05) is 18.2 Å². The van der Waals surface area contributed by atoms with E-state index in [1.165, 1.54) is 24.0 Å². The van der Waals surface area contributed by atoms with Crippen LogP contribution in [0.2, 0.25) is 10.0 Å². The third-order valence-electron chi connectivity index (χ3n) is 3.76. The molecule has 1 N–H and O–H groups in total. The Bertz CT molecular complexity index is 579. The van der Waals surface area contributed by atoms with Crippen LogP contribution in [-0.4, -0.2) is 0 Å². The Morgan fingerprint density at radius 3 is 2.40 bits per heavy atom. The maximum atomic E-state index is 6.06. The Balaban J connectivity index is 1.70. The van der Waals surface area contributed by atoms with E-state index in [-0.39, 0.29) is 0 Å². The van der Waals surface area contributed by atoms with Crippen molar-refractivity contribution in [2.45, 2.75) is 25.4 Å². The number of rotatable bonds is 5. The zero-order valence-corrected chi connectivity index (χ0v) is 12.7. The van der Waals surface area contributed by atoms with Gasteiger partial charge in [-0.1, -0.05) is 59.6 Å². The van der Waals surface area contributed by atoms with Crippen LogP contribution in [0.4, 0.5) is 0 Å². The van der Waals surface area contributed by atoms with Crippen molar-refractivity contribution in [2.75, 3.05) is 0 Å². The molecule has 1 aliphatic carbocycles. The SMILES string of the molecule is Clc1ccc(CNC(c2ccccc2)C2CC2)cc1Cl. The molecule has 0 aliphatic heterocycles. The van der Waals surface area contributed by atoms with Crippen molar-refractivity contribution in [3.8, 4) is 0 Å². The smallest absolute Gasteiger partial charge is 0.0595 e. The van der Waals surface area contributed by atoms with Gasteiger partial charge in [0.25, 0.3) is 0 Å². The Kier molecular flexibility index (Phi) is 4.30. The summed E-state index contributed by atoms with van der Waals surface area (Å²) in [7, 11) is 0. The number of halogens is 2. The lowest BCUT2D eigenvalue weighted by atomic mass is 10.0. The predicted octanol–water partition coefficient (Wildman–Crippen LogP) is 5.23. The minimum atomic E-state index is 0.436. The van der Waals surface area contributed by atoms with Crippen LogP contribution in [0.1, 0.15) is 30.0 Å². The molecule has 0 heterocycles. The molecule has 0 spiro atoms. The van der Waals surface area contributed by atoms with Crippen molar-refractivity contribution in [1.29, 1.82) is 0 Å². The van der Waals surface area contributed by atoms with Gasteiger partial charge in [-0.15, -0.1) is 0 Å². The second-order valence-corrected chi connectivity index (χ2v) is 6.17. The molecule has 1 unspecified atom stereocenters. The molecule has 0 amide bonds. The minimum absolute atomic E-state index is 0.436. The van der Waals surface area contributed by atoms with Crippen molar-refractivity contribution < 1.29 is 0 Å². The van der Waals surface area contributed by atoms with Crippen LogP contribution in [0.5, 0.6) is 0 Å². The maximum absolute atomic E-state index is 6.06. The van der Waals surface area contributed by atoms with Crippen LogP contribution in [0.25, 0.3) is 0 Å². The number of hydrogen-bond acceptors (Lipinski definition) is 1. The Morgan fingerprint density at radius 2 is 1.75 bits per heavy atom. The summed E-state index contributed by atoms with van der Waals surface area (Å²) in [5, 5.41) is 4.89. The summed E-state index contributed by atoms with van der Waals surface area (Å²) in [6.45, 7) is 0.812. The van der Waals surface area contributed by atoms with Crippen LogP contribution in [0.3, 0.4) is 0 Å². The van der Waals surface area contributed by atoms with E-state index >= 15 is 0 Å². The van der Waals surface area contributed by atoms with Crippen molar-refractivity contribution in [3.63, 3.8) is 0 Å². The zero-order chi connectivity index (χ0) is 13.9. The molecule has 2 aromatic rings. The topological polar surface area (TPSA) is 12.0 Å². The summed E-state index contributed by atoms with van der Waals surface area (Å²) in [5.74, 6) is 0.764. The molecule has 0 bridgehead atoms. The number of benzene rings is 2. The summed E-state index contributed by atoms with van der Waals surface area (Å²) in [6, 6.07) is 16.9. The molecule has 3 rings (SSSR count). The van der Waals surface area contributed by atoms with Crippen molar-refractivity contribution in [3.05, 3.63) is 69.7 Å². The van der Waals surface area contributed by atoms with Gasteiger partial charge in [-0.25, -0.2) is 0 Å². The van der Waals surface area contributed by atoms with E-state index in [0.29, 0.717) is 16.1 Å². The molecule has 3 heteroatoms. The summed E-state index contributed by atoms with van der Waals surface area (Å²) >= 11 is 12.0. The normalized spacial score (nSPS) is 16.1. The Hall–Kier alpha value is -1.02. The lowest BCUT2D eigenvalue weighted by Gasteiger charge is -2.19. The minimum Gasteiger partial charge on any atom is -0.306 e. The van der Waals surface area contributed by atoms with E-state index in [9.17, 15) is 0 Å². The molecule has 104 valence electrons. The van der Waals surface area contributed by atoms with Gasteiger partial charge in [-0.2, -0.15) is 0 Å². The van der Waals surface area contributed by atoms with Crippen LogP contribution in [-0.2, 0) is 6.54 Å². The molecule has 1 atom stereocenters. The fourth-order valence-corrected chi connectivity index (χ4v) is 2.84. The summed E-state index contributed by atoms with van der Waals surface area (Å²) in [6.07, 6.45) is 2.63. The Labute approximate surface area is 129 Å². The first-order valence-corrected chi connectivity index (χ1v) is 7.72. The fourth-order valence-electron chi connectivity index (χ4n) is 2.52. The van der Waals surface area contributed by atoms with Gasteiger partial charge >= 0.3 is 0 Å². The van der Waals surface area contributed by atoms with Crippen LogP contribution in [0, 0.1) is 5.92 Å². The first-order chi connectivity index (χ1) is 9.74. The predicted molar refractivity (Wildman–Crippen MR) is 85.2 cm³/mol. The second-order valence-electron chi connectivity index (χ2n) is 5.36. The van der Waals surface area contributed by atoms with Gasteiger partial charge in [-0.3, -0.25) is 0 Å². The third-order valence-corrected chi connectivity index (χ3v) is 4.50. The molecule has 1 nitrogen and oxygen atoms in total. The molecule has 2 aromatic carbocycles. The first kappa shape index (κ1) is 13.9. The van der Waals surface area contributed by atoms with E-state index in [1.54, 1.807) is 0 Å². The molecule has 1 aliphatic rings. The monoisotopic (exact) mass is 305 g/mol. The molecule has 0 saturated heterocycles. The zero-order valence-electron chi connectivity index (χ0n) is 11.2. The third kappa shape index (κ3) is 3.35. The highest BCUT2D eigenvalue weighted by Gasteiger charge is 2.31. The molecule has 20 heavy (non-hydrogen) atoms. The average Bonchev–Trinajstić information content (AvgIpc) is 3.29. The summed E-state index contributed by atoms with van der Waals surface area (Å²) in [5.41, 5.74) is 2.54. The largest absolute Gasteiger partial charge is 0.306 e. The van der Waals surface area contributed by atoms with Crippen LogP contribution >= 0.6 is 23.2 Å². The van der Waals surface area contributed by atoms with Gasteiger partial charge in [0.1, 0.15) is 0 Å². The van der Waals surface area contributed by atoms with Crippen molar-refractivity contribution in [1.82, 2.24) is 5.32 Å². The van der Waals surface area contributed by atoms with Gasteiger partial charge in [0.15, 0.2) is 0 Å². The van der Waals surface area contributed by atoms with Crippen LogP contribution in [0.15, 0.2) is 48.5 Å². The van der Waals surface area contributed by atoms with E-state index in [4.69, 9.17) is 23.2 Å². The lowest BCUT2D eigenvalue weighted by Crippen LogP contribution is -2.22. The van der Waals surface area contributed by atoms with E-state index < -0.39 is 0 Å². The fraction of sp³-hybridized carbons (Fsp3) is 0.294. The highest BCUT2D eigenvalue weighted by atomic mass is 35.5. The van der Waals surface area contributed by atoms with Gasteiger partial charge in [0, 0.05) is 12.6 Å². The maximum Gasteiger partial charge on any atom is 0.0595 e. The van der Waals surface area contributed by atoms with Crippen molar-refractivity contribution >= 4 is 23.2 Å². The lowest BCUT2D eigenvalue weighted by molar-refractivity contribution is 0.480. The Morgan fingerprint density at radius 1 is 1.00 bits per heavy atom. The molecule has 0 aromatic heterocycles. The molecule has 1 fully saturated rings. The molecular weight excluding hydrogens is 289 g/mol. The standard InChI is InChI=1S/C17H17Cl2N/c18-15-9-6-12(10-16(15)19)11-20-17(14-7-8-14)13-4-2-1-3-5-13/h1-6,9-10,14,17,20H,7-8,11H2. The van der Waals surface area contributed by atoms with Crippen LogP contribution < -0.4 is 5.32 Å². The quantitative estimate of drug-likeness (QED) is 0.797. The van der Waals surface area contributed by atoms with E-state index in [0.717, 1.165) is 12.5 Å². The highest BCUT2D eigenvalue weighted by Crippen LogP contribution is 2.41. The van der Waals surface area contributed by atoms with Gasteiger partial charge < -0.3 is 5.32 Å². The highest BCUT2D eigenvalue weighted by molar-refractivity contribution is 6.42. The van der Waals surface area contributed by atoms with Gasteiger partial charge in [-0.05, 0) is 42.0 Å². The first-order valence-electron chi connectivity index (χ1n) is 6.96. The summed E-state index contributed by atoms with van der Waals surface area (Å²) < 4.78 is 0. The molecule has 1 saturated carbocycles. The number of hydrogen-bond donors (Lipinski definition) is 1. The number of nitrogens with one attached hydrogen (secondary N) is 1.